The highest BCUT2D eigenvalue weighted by Gasteiger charge is 2.36. The van der Waals surface area contributed by atoms with E-state index in [1.54, 1.807) is 23.7 Å². The Morgan fingerprint density at radius 1 is 0.730 bits per heavy atom. The summed E-state index contributed by atoms with van der Waals surface area (Å²) in [5.41, 5.74) is 31.4. The molecule has 21 N–H and O–H groups in total. The van der Waals surface area contributed by atoms with E-state index in [1.807, 2.05) is 43.5 Å². The lowest BCUT2D eigenvalue weighted by atomic mass is 9.90. The van der Waals surface area contributed by atoms with E-state index in [9.17, 15) is 43.8 Å². The van der Waals surface area contributed by atoms with E-state index in [4.69, 9.17) is 33.7 Å². The number of hydrogen-bond acceptors (Lipinski definition) is 21. The smallest absolute Gasteiger partial charge is 0.271 e. The fourth-order valence-electron chi connectivity index (χ4n) is 9.59. The van der Waals surface area contributed by atoms with Crippen molar-refractivity contribution in [2.75, 3.05) is 58.1 Å². The molecule has 29 heteroatoms. The van der Waals surface area contributed by atoms with Crippen LogP contribution in [0, 0.1) is 18.8 Å². The number of fused-ring (bicyclic) bond motifs is 1. The summed E-state index contributed by atoms with van der Waals surface area (Å²) in [6, 6.07) is 7.78. The molecule has 7 amide bonds. The third-order valence-electron chi connectivity index (χ3n) is 14.7. The number of unbranched alkanes of at least 4 members (excludes halogenated alkanes) is 1. The maximum Gasteiger partial charge on any atom is 0.271 e. The predicted octanol–water partition coefficient (Wildman–Crippen LogP) is 0.836. The first-order chi connectivity index (χ1) is 42.6. The summed E-state index contributed by atoms with van der Waals surface area (Å²) in [6.45, 7) is 11.5. The van der Waals surface area contributed by atoms with Gasteiger partial charge < -0.3 is 86.4 Å². The summed E-state index contributed by atoms with van der Waals surface area (Å²) in [5, 5.41) is 51.8. The minimum atomic E-state index is -1.53. The van der Waals surface area contributed by atoms with Crippen LogP contribution in [0.25, 0.3) is 21.6 Å². The molecule has 27 nitrogen and oxygen atoms in total. The number of aliphatic hydroxyl groups is 1. The number of benzene rings is 2. The highest BCUT2D eigenvalue weighted by Crippen LogP contribution is 2.27. The number of primary amides is 2. The molecule has 7 atom stereocenters. The van der Waals surface area contributed by atoms with Gasteiger partial charge in [-0.1, -0.05) is 51.1 Å². The second-order valence-electron chi connectivity index (χ2n) is 22.3. The van der Waals surface area contributed by atoms with E-state index in [0.717, 1.165) is 62.8 Å². The molecule has 4 heterocycles. The Labute approximate surface area is 525 Å². The van der Waals surface area contributed by atoms with Crippen LogP contribution in [0.5, 0.6) is 5.75 Å². The van der Waals surface area contributed by atoms with Crippen LogP contribution in [0.3, 0.4) is 0 Å². The summed E-state index contributed by atoms with van der Waals surface area (Å²) < 4.78 is 0. The van der Waals surface area contributed by atoms with Crippen LogP contribution < -0.4 is 71.2 Å². The molecule has 4 aromatic heterocycles. The number of thiazole rings is 2. The van der Waals surface area contributed by atoms with E-state index in [0.29, 0.717) is 52.0 Å². The summed E-state index contributed by atoms with van der Waals surface area (Å²) in [5.74, 6) is -6.24. The Kier molecular flexibility index (Phi) is 27.7. The molecule has 0 spiro atoms. The van der Waals surface area contributed by atoms with Gasteiger partial charge in [0.25, 0.3) is 11.8 Å². The van der Waals surface area contributed by atoms with Crippen molar-refractivity contribution in [1.82, 2.24) is 67.5 Å². The second-order valence-corrected chi connectivity index (χ2v) is 24.1. The van der Waals surface area contributed by atoms with Gasteiger partial charge in [0.2, 0.25) is 29.5 Å². The van der Waals surface area contributed by atoms with Crippen molar-refractivity contribution in [3.05, 3.63) is 104 Å². The van der Waals surface area contributed by atoms with Crippen molar-refractivity contribution in [2.24, 2.45) is 34.8 Å². The number of hydrogen-bond donors (Lipinski definition) is 16. The summed E-state index contributed by atoms with van der Waals surface area (Å²) in [4.78, 5) is 116. The molecule has 2 aromatic carbocycles. The molecule has 89 heavy (non-hydrogen) atoms. The minimum absolute atomic E-state index is 0.00724. The molecular formula is C60H86N18O9S2. The molecule has 0 saturated carbocycles. The lowest BCUT2D eigenvalue weighted by molar-refractivity contribution is -0.134. The van der Waals surface area contributed by atoms with Gasteiger partial charge in [0.1, 0.15) is 51.6 Å². The standard InChI is InChI=1S/C60H86N18O9S2/c1-33(2)25-42(73-58(86)45(27-37-29-70-41-12-6-5-11-39(37)41)75-59(87)50-34(3)52(64)78-54(77-50)43(28-48(63)80)71-30-40(62)53(65)82)51(81)35(4)55(83)74-44(26-36-13-15-38(79)16-14-36)56(84)69-24-17-49-72-47(32-88-49)60-76-46(31-89-60)57(85)68-23-10-22-67-20-8-7-19-66-21-9-18-61/h5-6,11-16,29,31-33,35,40,42-45,51,66-67,70-71,79,81H,7-10,17-28,30,61-62H2,1-4H3,(H2,63,80)(H2,65,82)(H,68,85)(H,69,84)(H,73,86)(H,74,83)(H,75,87)(H2,64,77,78)/t35-,40-,42+,43-,44-,45-,51-/m0/s1. The SMILES string of the molecule is Cc1c(N)nc([C@H](CC(N)=O)NC[C@H](N)C(N)=O)nc1C(=O)N[C@@H](Cc1c[nH]c2ccccc12)C(=O)N[C@H](CC(C)C)[C@@H](O)[C@H](C)C(=O)N[C@@H](Cc1ccc(O)cc1)C(=O)NCCc1nc(-c2nc(C(=O)NCCCNCCCCNCCCN)cs2)cs1. The molecule has 0 bridgehead atoms. The molecule has 0 aliphatic heterocycles. The highest BCUT2D eigenvalue weighted by molar-refractivity contribution is 7.14. The highest BCUT2D eigenvalue weighted by atomic mass is 32.1. The number of H-pyrrole nitrogens is 1. The number of amides is 7. The molecule has 482 valence electrons. The maximum atomic E-state index is 14.8. The van der Waals surface area contributed by atoms with Crippen molar-refractivity contribution in [3.8, 4) is 16.5 Å². The minimum Gasteiger partial charge on any atom is -0.508 e. The zero-order valence-electron chi connectivity index (χ0n) is 50.7. The summed E-state index contributed by atoms with van der Waals surface area (Å²) in [7, 11) is 0. The van der Waals surface area contributed by atoms with E-state index in [-0.39, 0.29) is 79.2 Å². The quantitative estimate of drug-likeness (QED) is 0.0238. The number of carbonyl (C=O) groups is 7. The fourth-order valence-corrected chi connectivity index (χ4v) is 11.2. The number of aliphatic hydroxyl groups excluding tert-OH is 1. The first-order valence-electron chi connectivity index (χ1n) is 29.8. The number of anilines is 1. The van der Waals surface area contributed by atoms with Gasteiger partial charge in [0.15, 0.2) is 0 Å². The number of phenols is 1. The largest absolute Gasteiger partial charge is 0.508 e. The number of aromatic hydroxyl groups is 1. The zero-order chi connectivity index (χ0) is 64.6. The average Bonchev–Trinajstić information content (AvgIpc) is 3.79. The Bertz CT molecular complexity index is 3300. The molecule has 6 rings (SSSR count). The van der Waals surface area contributed by atoms with Crippen LogP contribution in [0.15, 0.2) is 65.5 Å². The summed E-state index contributed by atoms with van der Waals surface area (Å²) in [6.07, 6.45) is 4.16. The van der Waals surface area contributed by atoms with E-state index >= 15 is 0 Å². The van der Waals surface area contributed by atoms with Gasteiger partial charge in [0, 0.05) is 78.7 Å². The van der Waals surface area contributed by atoms with Crippen molar-refractivity contribution >= 4 is 80.7 Å². The number of phenolic OH excluding ortho intramolecular Hbond substituents is 1. The molecule has 0 fully saturated rings. The van der Waals surface area contributed by atoms with Gasteiger partial charge in [-0.2, -0.15) is 0 Å². The van der Waals surface area contributed by atoms with Crippen molar-refractivity contribution in [1.29, 1.82) is 0 Å². The lowest BCUT2D eigenvalue weighted by Crippen LogP contribution is -2.57. The van der Waals surface area contributed by atoms with Gasteiger partial charge in [-0.25, -0.2) is 19.9 Å². The Morgan fingerprint density at radius 3 is 2.12 bits per heavy atom. The number of aromatic amines is 1. The number of nitrogen functional groups attached to an aromatic ring is 1. The zero-order valence-corrected chi connectivity index (χ0v) is 52.4. The number of rotatable bonds is 39. The number of nitrogens with one attached hydrogen (secondary N) is 9. The number of nitrogens with two attached hydrogens (primary N) is 5. The molecule has 0 aliphatic rings. The lowest BCUT2D eigenvalue weighted by Gasteiger charge is -2.31. The van der Waals surface area contributed by atoms with Gasteiger partial charge in [-0.15, -0.1) is 22.7 Å². The first kappa shape index (κ1) is 70.1. The molecule has 0 aliphatic carbocycles. The normalized spacial score (nSPS) is 13.8. The third kappa shape index (κ3) is 21.9. The second kappa shape index (κ2) is 35.2. The number of carbonyl (C=O) groups excluding carboxylic acids is 7. The van der Waals surface area contributed by atoms with Crippen LogP contribution in [-0.4, -0.2) is 159 Å². The number of para-hydroxylation sites is 1. The average molecular weight is 1270 g/mol. The molecule has 0 saturated heterocycles. The van der Waals surface area contributed by atoms with Crippen LogP contribution in [-0.2, 0) is 43.2 Å². The fraction of sp³-hybridized carbons (Fsp3) is 0.483. The van der Waals surface area contributed by atoms with E-state index in [2.05, 4.69) is 62.5 Å². The van der Waals surface area contributed by atoms with Crippen molar-refractivity contribution in [2.45, 2.75) is 122 Å². The Balaban J connectivity index is 1.10. The van der Waals surface area contributed by atoms with E-state index in [1.165, 1.54) is 48.7 Å². The molecule has 0 radical (unpaired) electrons. The topological polar surface area (TPSA) is 454 Å². The molecular weight excluding hydrogens is 1180 g/mol. The van der Waals surface area contributed by atoms with Crippen molar-refractivity contribution in [3.63, 3.8) is 0 Å². The number of aromatic nitrogens is 5. The first-order valence-corrected chi connectivity index (χ1v) is 31.6. The van der Waals surface area contributed by atoms with Crippen LogP contribution >= 0.6 is 22.7 Å². The van der Waals surface area contributed by atoms with Crippen LogP contribution in [0.4, 0.5) is 5.82 Å². The molecule has 6 aromatic rings. The monoisotopic (exact) mass is 1270 g/mol. The van der Waals surface area contributed by atoms with Gasteiger partial charge in [-0.05, 0) is 107 Å². The number of nitrogens with zero attached hydrogens (tertiary/aromatic N) is 4. The van der Waals surface area contributed by atoms with Gasteiger partial charge in [0.05, 0.1) is 35.2 Å². The third-order valence-corrected chi connectivity index (χ3v) is 16.5. The van der Waals surface area contributed by atoms with Crippen LogP contribution in [0.2, 0.25) is 0 Å². The predicted molar refractivity (Wildman–Crippen MR) is 342 cm³/mol. The Morgan fingerprint density at radius 2 is 1.43 bits per heavy atom. The van der Waals surface area contributed by atoms with E-state index < -0.39 is 77.7 Å². The summed E-state index contributed by atoms with van der Waals surface area (Å²) >= 11 is 2.67. The van der Waals surface area contributed by atoms with Gasteiger partial charge in [-0.3, -0.25) is 33.6 Å². The Hall–Kier alpha value is -8.03. The maximum absolute atomic E-state index is 14.8. The van der Waals surface area contributed by atoms with Gasteiger partial charge >= 0.3 is 0 Å². The molecule has 0 unspecified atom stereocenters. The van der Waals surface area contributed by atoms with Crippen molar-refractivity contribution < 1.29 is 43.8 Å². The van der Waals surface area contributed by atoms with Crippen LogP contribution in [0.1, 0.15) is 114 Å².